The van der Waals surface area contributed by atoms with E-state index in [0.717, 1.165) is 12.3 Å². The van der Waals surface area contributed by atoms with Crippen LogP contribution in [0.3, 0.4) is 0 Å². The molecule has 5 nitrogen and oxygen atoms in total. The summed E-state index contributed by atoms with van der Waals surface area (Å²) < 4.78 is 11.0. The van der Waals surface area contributed by atoms with Gasteiger partial charge in [0.1, 0.15) is 12.4 Å². The van der Waals surface area contributed by atoms with E-state index in [9.17, 15) is 5.11 Å². The molecule has 2 rings (SSSR count). The molecule has 0 saturated carbocycles. The summed E-state index contributed by atoms with van der Waals surface area (Å²) in [5.74, 6) is 0.894. The molecule has 0 radical (unpaired) electrons. The van der Waals surface area contributed by atoms with Crippen molar-refractivity contribution in [3.63, 3.8) is 0 Å². The second kappa shape index (κ2) is 8.64. The molecular weight excluding hydrogens is 292 g/mol. The predicted octanol–water partition coefficient (Wildman–Crippen LogP) is 1.82. The van der Waals surface area contributed by atoms with E-state index < -0.39 is 5.60 Å². The molecule has 0 amide bonds. The first kappa shape index (κ1) is 18.2. The van der Waals surface area contributed by atoms with Crippen molar-refractivity contribution in [3.8, 4) is 5.75 Å². The predicted molar refractivity (Wildman–Crippen MR) is 91.9 cm³/mol. The van der Waals surface area contributed by atoms with Crippen LogP contribution in [0.5, 0.6) is 5.75 Å². The van der Waals surface area contributed by atoms with Gasteiger partial charge in [0.15, 0.2) is 0 Å². The summed E-state index contributed by atoms with van der Waals surface area (Å²) in [6.45, 7) is 5.59. The highest BCUT2D eigenvalue weighted by atomic mass is 16.5. The van der Waals surface area contributed by atoms with Crippen LogP contribution in [0.2, 0.25) is 0 Å². The van der Waals surface area contributed by atoms with E-state index in [1.807, 2.05) is 26.2 Å². The molecule has 0 spiro atoms. The van der Waals surface area contributed by atoms with Gasteiger partial charge in [-0.3, -0.25) is 0 Å². The Labute approximate surface area is 139 Å². The van der Waals surface area contributed by atoms with Gasteiger partial charge in [-0.25, -0.2) is 0 Å². The lowest BCUT2D eigenvalue weighted by molar-refractivity contribution is -0.0626. The Kier molecular flexibility index (Phi) is 6.84. The smallest absolute Gasteiger partial charge is 0.119 e. The lowest BCUT2D eigenvalue weighted by Gasteiger charge is -2.33. The number of hydrogen-bond acceptors (Lipinski definition) is 5. The summed E-state index contributed by atoms with van der Waals surface area (Å²) >= 11 is 0. The number of nitrogens with one attached hydrogen (secondary N) is 1. The van der Waals surface area contributed by atoms with Gasteiger partial charge in [0.25, 0.3) is 0 Å². The van der Waals surface area contributed by atoms with Crippen LogP contribution in [0.4, 0.5) is 0 Å². The average molecular weight is 322 g/mol. The zero-order valence-corrected chi connectivity index (χ0v) is 14.5. The second-order valence-corrected chi connectivity index (χ2v) is 6.66. The second-order valence-electron chi connectivity index (χ2n) is 6.66. The maximum Gasteiger partial charge on any atom is 0.119 e. The zero-order chi connectivity index (χ0) is 16.7. The molecule has 0 bridgehead atoms. The van der Waals surface area contributed by atoms with Crippen LogP contribution in [0.1, 0.15) is 31.4 Å². The third kappa shape index (κ3) is 6.11. The molecule has 1 unspecified atom stereocenters. The van der Waals surface area contributed by atoms with Crippen LogP contribution < -0.4 is 10.1 Å². The molecule has 130 valence electrons. The van der Waals surface area contributed by atoms with E-state index in [4.69, 9.17) is 9.47 Å². The summed E-state index contributed by atoms with van der Waals surface area (Å²) in [7, 11) is 4.07. The summed E-state index contributed by atoms with van der Waals surface area (Å²) in [5, 5.41) is 13.9. The van der Waals surface area contributed by atoms with Crippen LogP contribution in [-0.4, -0.2) is 62.6 Å². The first-order valence-electron chi connectivity index (χ1n) is 8.39. The molecule has 0 aliphatic carbocycles. The highest BCUT2D eigenvalue weighted by Gasteiger charge is 2.29. The van der Waals surface area contributed by atoms with Gasteiger partial charge in [0.2, 0.25) is 0 Å². The molecule has 1 atom stereocenters. The summed E-state index contributed by atoms with van der Waals surface area (Å²) in [5.41, 5.74) is 0.558. The van der Waals surface area contributed by atoms with Crippen LogP contribution in [0, 0.1) is 0 Å². The van der Waals surface area contributed by atoms with E-state index in [1.54, 1.807) is 0 Å². The number of likely N-dealkylation sites (N-methyl/N-ethyl adjacent to an activating group) is 1. The van der Waals surface area contributed by atoms with Crippen molar-refractivity contribution in [2.75, 3.05) is 47.0 Å². The van der Waals surface area contributed by atoms with Crippen molar-refractivity contribution in [2.24, 2.45) is 0 Å². The first-order valence-corrected chi connectivity index (χ1v) is 8.39. The number of rotatable bonds is 8. The van der Waals surface area contributed by atoms with E-state index in [2.05, 4.69) is 29.3 Å². The third-order valence-electron chi connectivity index (χ3n) is 4.35. The molecule has 23 heavy (non-hydrogen) atoms. The van der Waals surface area contributed by atoms with Crippen LogP contribution >= 0.6 is 0 Å². The Morgan fingerprint density at radius 2 is 1.91 bits per heavy atom. The number of benzene rings is 1. The number of aliphatic hydroxyl groups is 1. The van der Waals surface area contributed by atoms with Crippen molar-refractivity contribution in [3.05, 3.63) is 29.8 Å². The van der Waals surface area contributed by atoms with Crippen molar-refractivity contribution in [1.29, 1.82) is 0 Å². The van der Waals surface area contributed by atoms with Crippen LogP contribution in [-0.2, 0) is 4.74 Å². The van der Waals surface area contributed by atoms with Gasteiger partial charge in [-0.1, -0.05) is 12.1 Å². The summed E-state index contributed by atoms with van der Waals surface area (Å²) in [4.78, 5) is 2.10. The topological polar surface area (TPSA) is 54.0 Å². The number of nitrogens with zero attached hydrogens (tertiary/aromatic N) is 1. The van der Waals surface area contributed by atoms with E-state index in [-0.39, 0.29) is 6.04 Å². The number of ether oxygens (including phenoxy) is 2. The Morgan fingerprint density at radius 1 is 1.26 bits per heavy atom. The van der Waals surface area contributed by atoms with Gasteiger partial charge >= 0.3 is 0 Å². The fourth-order valence-electron chi connectivity index (χ4n) is 2.59. The average Bonchev–Trinajstić information content (AvgIpc) is 2.54. The van der Waals surface area contributed by atoms with Crippen molar-refractivity contribution in [1.82, 2.24) is 10.2 Å². The van der Waals surface area contributed by atoms with Crippen molar-refractivity contribution >= 4 is 0 Å². The Morgan fingerprint density at radius 3 is 2.52 bits per heavy atom. The molecule has 1 aromatic carbocycles. The molecule has 1 aromatic rings. The maximum absolute atomic E-state index is 10.5. The monoisotopic (exact) mass is 322 g/mol. The van der Waals surface area contributed by atoms with Gasteiger partial charge in [-0.05, 0) is 38.7 Å². The molecular formula is C18H30N2O3. The standard InChI is InChI=1S/C18H30N2O3/c1-15(19-14-18(21)8-11-22-12-9-18)16-4-6-17(7-5-16)23-13-10-20(2)3/h4-7,15,19,21H,8-14H2,1-3H3. The summed E-state index contributed by atoms with van der Waals surface area (Å²) in [6.07, 6.45) is 1.40. The van der Waals surface area contributed by atoms with Gasteiger partial charge in [0, 0.05) is 45.2 Å². The fourth-order valence-corrected chi connectivity index (χ4v) is 2.59. The summed E-state index contributed by atoms with van der Waals surface area (Å²) in [6, 6.07) is 8.36. The minimum atomic E-state index is -0.637. The zero-order valence-electron chi connectivity index (χ0n) is 14.5. The minimum Gasteiger partial charge on any atom is -0.492 e. The van der Waals surface area contributed by atoms with Gasteiger partial charge in [-0.15, -0.1) is 0 Å². The minimum absolute atomic E-state index is 0.192. The Balaban J connectivity index is 1.79. The molecule has 1 fully saturated rings. The van der Waals surface area contributed by atoms with E-state index in [1.165, 1.54) is 5.56 Å². The fraction of sp³-hybridized carbons (Fsp3) is 0.667. The molecule has 1 aliphatic heterocycles. The van der Waals surface area contributed by atoms with Crippen LogP contribution in [0.25, 0.3) is 0 Å². The van der Waals surface area contributed by atoms with Gasteiger partial charge < -0.3 is 24.8 Å². The lowest BCUT2D eigenvalue weighted by atomic mass is 9.94. The molecule has 1 heterocycles. The van der Waals surface area contributed by atoms with Crippen molar-refractivity contribution in [2.45, 2.75) is 31.4 Å². The molecule has 5 heteroatoms. The normalized spacial score (nSPS) is 18.8. The van der Waals surface area contributed by atoms with E-state index >= 15 is 0 Å². The highest BCUT2D eigenvalue weighted by Crippen LogP contribution is 2.22. The van der Waals surface area contributed by atoms with Gasteiger partial charge in [-0.2, -0.15) is 0 Å². The highest BCUT2D eigenvalue weighted by molar-refractivity contribution is 5.29. The Hall–Kier alpha value is -1.14. The number of hydrogen-bond donors (Lipinski definition) is 2. The quantitative estimate of drug-likeness (QED) is 0.765. The van der Waals surface area contributed by atoms with Gasteiger partial charge in [0.05, 0.1) is 5.60 Å². The van der Waals surface area contributed by atoms with Crippen molar-refractivity contribution < 1.29 is 14.6 Å². The largest absolute Gasteiger partial charge is 0.492 e. The maximum atomic E-state index is 10.5. The Bertz CT molecular complexity index is 456. The first-order chi connectivity index (χ1) is 11.0. The molecule has 0 aromatic heterocycles. The molecule has 2 N–H and O–H groups in total. The molecule has 1 aliphatic rings. The third-order valence-corrected chi connectivity index (χ3v) is 4.35. The SMILES string of the molecule is CC(NCC1(O)CCOCC1)c1ccc(OCCN(C)C)cc1. The lowest BCUT2D eigenvalue weighted by Crippen LogP contribution is -2.45. The van der Waals surface area contributed by atoms with Crippen LogP contribution in [0.15, 0.2) is 24.3 Å². The molecule has 1 saturated heterocycles. The van der Waals surface area contributed by atoms with E-state index in [0.29, 0.717) is 39.2 Å².